The second-order valence-corrected chi connectivity index (χ2v) is 6.20. The molecule has 1 N–H and O–H groups in total. The predicted molar refractivity (Wildman–Crippen MR) is 84.8 cm³/mol. The van der Waals surface area contributed by atoms with E-state index in [0.717, 1.165) is 5.56 Å². The molecule has 0 fully saturated rings. The number of carbonyl (C=O) groups excluding carboxylic acids is 2. The van der Waals surface area contributed by atoms with Crippen LogP contribution < -0.4 is 5.32 Å². The number of ether oxygens (including phenoxy) is 1. The smallest absolute Gasteiger partial charge is 0.331 e. The Labute approximate surface area is 138 Å². The summed E-state index contributed by atoms with van der Waals surface area (Å²) in [5.74, 6) is 0.146. The highest BCUT2D eigenvalue weighted by molar-refractivity contribution is 7.08. The number of hydrogen-bond donors (Lipinski definition) is 1. The van der Waals surface area contributed by atoms with Crippen molar-refractivity contribution in [2.24, 2.45) is 0 Å². The van der Waals surface area contributed by atoms with Gasteiger partial charge in [0.25, 0.3) is 0 Å². The molecule has 2 rings (SSSR count). The molecule has 7 nitrogen and oxygen atoms in total. The van der Waals surface area contributed by atoms with Crippen LogP contribution in [0, 0.1) is 0 Å². The third-order valence-corrected chi connectivity index (χ3v) is 3.73. The summed E-state index contributed by atoms with van der Waals surface area (Å²) in [7, 11) is 0. The van der Waals surface area contributed by atoms with Crippen LogP contribution in [0.3, 0.4) is 0 Å². The maximum absolute atomic E-state index is 12.0. The maximum atomic E-state index is 12.0. The van der Waals surface area contributed by atoms with Crippen LogP contribution in [0.1, 0.15) is 33.1 Å². The summed E-state index contributed by atoms with van der Waals surface area (Å²) in [6.45, 7) is 5.19. The van der Waals surface area contributed by atoms with Crippen molar-refractivity contribution in [3.63, 3.8) is 0 Å². The maximum Gasteiger partial charge on any atom is 0.331 e. The van der Waals surface area contributed by atoms with Crippen molar-refractivity contribution in [3.8, 4) is 11.4 Å². The van der Waals surface area contributed by atoms with Gasteiger partial charge in [0.05, 0.1) is 6.61 Å². The molecule has 23 heavy (non-hydrogen) atoms. The molecule has 0 unspecified atom stereocenters. The Morgan fingerprint density at radius 2 is 2.22 bits per heavy atom. The van der Waals surface area contributed by atoms with E-state index in [1.807, 2.05) is 16.8 Å². The SMILES string of the molecule is CCOC(=O)C(C)(C)NC(=O)CCc1nc(-c2ccsc2)no1. The predicted octanol–water partition coefficient (Wildman–Crippen LogP) is 2.19. The van der Waals surface area contributed by atoms with E-state index in [4.69, 9.17) is 9.26 Å². The second kappa shape index (κ2) is 7.36. The lowest BCUT2D eigenvalue weighted by Crippen LogP contribution is -2.50. The molecule has 8 heteroatoms. The largest absolute Gasteiger partial charge is 0.464 e. The fourth-order valence-electron chi connectivity index (χ4n) is 1.86. The lowest BCUT2D eigenvalue weighted by molar-refractivity contribution is -0.151. The van der Waals surface area contributed by atoms with Crippen molar-refractivity contribution in [1.29, 1.82) is 0 Å². The van der Waals surface area contributed by atoms with Crippen LogP contribution >= 0.6 is 11.3 Å². The number of thiophene rings is 1. The summed E-state index contributed by atoms with van der Waals surface area (Å²) in [6.07, 6.45) is 0.454. The van der Waals surface area contributed by atoms with Gasteiger partial charge in [0.1, 0.15) is 5.54 Å². The summed E-state index contributed by atoms with van der Waals surface area (Å²) in [6, 6.07) is 1.90. The first kappa shape index (κ1) is 17.1. The van der Waals surface area contributed by atoms with Crippen LogP contribution in [0.4, 0.5) is 0 Å². The molecule has 0 atom stereocenters. The number of carbonyl (C=O) groups is 2. The molecule has 1 amide bonds. The summed E-state index contributed by atoms with van der Waals surface area (Å²) in [5, 5.41) is 10.4. The Balaban J connectivity index is 1.86. The van der Waals surface area contributed by atoms with Crippen LogP contribution in [0.15, 0.2) is 21.3 Å². The average Bonchev–Trinajstić information content (AvgIpc) is 3.16. The van der Waals surface area contributed by atoms with Crippen LogP contribution in [-0.4, -0.2) is 34.2 Å². The highest BCUT2D eigenvalue weighted by Crippen LogP contribution is 2.19. The molecule has 0 aliphatic rings. The number of amides is 1. The van der Waals surface area contributed by atoms with Gasteiger partial charge in [0, 0.05) is 23.8 Å². The Morgan fingerprint density at radius 3 is 2.87 bits per heavy atom. The van der Waals surface area contributed by atoms with E-state index in [1.54, 1.807) is 32.1 Å². The van der Waals surface area contributed by atoms with Crippen molar-refractivity contribution in [2.75, 3.05) is 6.61 Å². The second-order valence-electron chi connectivity index (χ2n) is 5.42. The first-order valence-corrected chi connectivity index (χ1v) is 8.20. The topological polar surface area (TPSA) is 94.3 Å². The molecular formula is C15H19N3O4S. The summed E-state index contributed by atoms with van der Waals surface area (Å²) >= 11 is 1.55. The lowest BCUT2D eigenvalue weighted by atomic mass is 10.1. The van der Waals surface area contributed by atoms with Gasteiger partial charge in [-0.1, -0.05) is 5.16 Å². The number of rotatable bonds is 7. The molecule has 0 saturated carbocycles. The number of hydrogen-bond acceptors (Lipinski definition) is 7. The van der Waals surface area contributed by atoms with Crippen molar-refractivity contribution in [3.05, 3.63) is 22.7 Å². The normalized spacial score (nSPS) is 11.3. The molecule has 2 heterocycles. The first-order valence-electron chi connectivity index (χ1n) is 7.25. The number of nitrogens with zero attached hydrogens (tertiary/aromatic N) is 2. The fraction of sp³-hybridized carbons (Fsp3) is 0.467. The summed E-state index contributed by atoms with van der Waals surface area (Å²) in [5.41, 5.74) is -0.179. The zero-order valence-corrected chi connectivity index (χ0v) is 14.1. The average molecular weight is 337 g/mol. The monoisotopic (exact) mass is 337 g/mol. The highest BCUT2D eigenvalue weighted by atomic mass is 32.1. The molecule has 0 aliphatic heterocycles. The van der Waals surface area contributed by atoms with Crippen molar-refractivity contribution in [2.45, 2.75) is 39.2 Å². The minimum Gasteiger partial charge on any atom is -0.464 e. The van der Waals surface area contributed by atoms with Crippen LogP contribution in [0.25, 0.3) is 11.4 Å². The number of nitrogens with one attached hydrogen (secondary N) is 1. The van der Waals surface area contributed by atoms with E-state index in [1.165, 1.54) is 0 Å². The minimum absolute atomic E-state index is 0.147. The first-order chi connectivity index (χ1) is 10.9. The van der Waals surface area contributed by atoms with Crippen molar-refractivity contribution in [1.82, 2.24) is 15.5 Å². The number of aromatic nitrogens is 2. The standard InChI is InChI=1S/C15H19N3O4S/c1-4-21-14(20)15(2,3)17-11(19)5-6-12-16-13(18-22-12)10-7-8-23-9-10/h7-9H,4-6H2,1-3H3,(H,17,19). The van der Waals surface area contributed by atoms with Crippen LogP contribution in [-0.2, 0) is 20.7 Å². The number of aryl methyl sites for hydroxylation is 1. The fourth-order valence-corrected chi connectivity index (χ4v) is 2.49. The molecule has 0 bridgehead atoms. The quantitative estimate of drug-likeness (QED) is 0.778. The number of esters is 1. The van der Waals surface area contributed by atoms with Crippen LogP contribution in [0.2, 0.25) is 0 Å². The molecule has 0 radical (unpaired) electrons. The third-order valence-electron chi connectivity index (χ3n) is 3.05. The van der Waals surface area contributed by atoms with E-state index in [0.29, 0.717) is 18.1 Å². The van der Waals surface area contributed by atoms with E-state index in [2.05, 4.69) is 15.5 Å². The van der Waals surface area contributed by atoms with Gasteiger partial charge in [0.15, 0.2) is 0 Å². The van der Waals surface area contributed by atoms with E-state index in [9.17, 15) is 9.59 Å². The minimum atomic E-state index is -1.07. The Hall–Kier alpha value is -2.22. The van der Waals surface area contributed by atoms with E-state index < -0.39 is 11.5 Å². The van der Waals surface area contributed by atoms with Gasteiger partial charge in [0.2, 0.25) is 17.6 Å². The lowest BCUT2D eigenvalue weighted by Gasteiger charge is -2.23. The van der Waals surface area contributed by atoms with Gasteiger partial charge >= 0.3 is 5.97 Å². The zero-order valence-electron chi connectivity index (χ0n) is 13.3. The Bertz CT molecular complexity index is 664. The molecule has 2 aromatic heterocycles. The molecule has 2 aromatic rings. The molecule has 0 spiro atoms. The molecule has 0 aliphatic carbocycles. The van der Waals surface area contributed by atoms with Gasteiger partial charge in [-0.05, 0) is 32.2 Å². The van der Waals surface area contributed by atoms with Crippen LogP contribution in [0.5, 0.6) is 0 Å². The van der Waals surface area contributed by atoms with Gasteiger partial charge < -0.3 is 14.6 Å². The van der Waals surface area contributed by atoms with Gasteiger partial charge in [-0.2, -0.15) is 16.3 Å². The van der Waals surface area contributed by atoms with Crippen molar-refractivity contribution >= 4 is 23.2 Å². The van der Waals surface area contributed by atoms with Gasteiger partial charge in [-0.3, -0.25) is 4.79 Å². The molecule has 124 valence electrons. The third kappa shape index (κ3) is 4.62. The van der Waals surface area contributed by atoms with Gasteiger partial charge in [-0.15, -0.1) is 0 Å². The molecular weight excluding hydrogens is 318 g/mol. The Kier molecular flexibility index (Phi) is 5.49. The Morgan fingerprint density at radius 1 is 1.43 bits per heavy atom. The summed E-state index contributed by atoms with van der Waals surface area (Å²) in [4.78, 5) is 27.9. The van der Waals surface area contributed by atoms with E-state index in [-0.39, 0.29) is 18.9 Å². The summed E-state index contributed by atoms with van der Waals surface area (Å²) < 4.78 is 10.0. The zero-order chi connectivity index (χ0) is 16.9. The van der Waals surface area contributed by atoms with Crippen molar-refractivity contribution < 1.29 is 18.8 Å². The highest BCUT2D eigenvalue weighted by Gasteiger charge is 2.30. The molecule has 0 saturated heterocycles. The van der Waals surface area contributed by atoms with E-state index >= 15 is 0 Å². The molecule has 0 aromatic carbocycles. The van der Waals surface area contributed by atoms with Gasteiger partial charge in [-0.25, -0.2) is 4.79 Å².